The third-order valence-corrected chi connectivity index (χ3v) is 14.5. The van der Waals surface area contributed by atoms with E-state index in [0.29, 0.717) is 0 Å². The van der Waals surface area contributed by atoms with Crippen LogP contribution < -0.4 is 4.90 Å². The van der Waals surface area contributed by atoms with Crippen molar-refractivity contribution in [3.05, 3.63) is 255 Å². The Bertz CT molecular complexity index is 3950. The lowest BCUT2D eigenvalue weighted by molar-refractivity contribution is 1.18. The highest BCUT2D eigenvalue weighted by molar-refractivity contribution is 7.25. The van der Waals surface area contributed by atoms with Crippen LogP contribution in [0.15, 0.2) is 255 Å². The van der Waals surface area contributed by atoms with E-state index in [9.17, 15) is 0 Å². The normalized spacial score (nSPS) is 11.6. The Balaban J connectivity index is 0.866. The summed E-state index contributed by atoms with van der Waals surface area (Å²) in [6.45, 7) is 0. The fourth-order valence-electron chi connectivity index (χ4n) is 10.0. The molecule has 67 heavy (non-hydrogen) atoms. The van der Waals surface area contributed by atoms with Crippen molar-refractivity contribution < 1.29 is 0 Å². The standard InChI is InChI=1S/C64H42N2S/c1-2-15-53(16-3-1)66-61-19-8-6-17-57(61)59-41-51(29-37-62(59)66)45-25-33-55(34-26-45)65(56-35-27-46(28-36-56)52-30-38-64-60(42-52)58-18-7-9-20-63(58)67-64)54-31-23-44(24-32-54)48-13-10-14-49(39-48)50-22-21-43-11-4-5-12-47(43)40-50/h1-42H. The van der Waals surface area contributed by atoms with Gasteiger partial charge in [0, 0.05) is 53.7 Å². The molecule has 13 rings (SSSR count). The maximum atomic E-state index is 2.37. The molecule has 0 aliphatic rings. The number of para-hydroxylation sites is 2. The lowest BCUT2D eigenvalue weighted by Crippen LogP contribution is -2.09. The Morgan fingerprint density at radius 2 is 0.746 bits per heavy atom. The van der Waals surface area contributed by atoms with Crippen LogP contribution >= 0.6 is 11.3 Å². The number of hydrogen-bond acceptors (Lipinski definition) is 2. The van der Waals surface area contributed by atoms with Gasteiger partial charge in [0.2, 0.25) is 0 Å². The Morgan fingerprint density at radius 1 is 0.269 bits per heavy atom. The van der Waals surface area contributed by atoms with Crippen LogP contribution in [0.2, 0.25) is 0 Å². The quantitative estimate of drug-likeness (QED) is 0.148. The highest BCUT2D eigenvalue weighted by atomic mass is 32.1. The smallest absolute Gasteiger partial charge is 0.0541 e. The maximum Gasteiger partial charge on any atom is 0.0541 e. The molecule has 2 aromatic heterocycles. The van der Waals surface area contributed by atoms with E-state index in [1.165, 1.54) is 103 Å². The van der Waals surface area contributed by atoms with Gasteiger partial charge in [-0.1, -0.05) is 158 Å². The lowest BCUT2D eigenvalue weighted by Gasteiger charge is -2.26. The molecule has 0 unspecified atom stereocenters. The van der Waals surface area contributed by atoms with Crippen molar-refractivity contribution in [1.29, 1.82) is 0 Å². The summed E-state index contributed by atoms with van der Waals surface area (Å²) in [5.74, 6) is 0. The zero-order valence-corrected chi connectivity index (χ0v) is 37.4. The highest BCUT2D eigenvalue weighted by Gasteiger charge is 2.17. The summed E-state index contributed by atoms with van der Waals surface area (Å²) < 4.78 is 5.01. The fourth-order valence-corrected chi connectivity index (χ4v) is 11.1. The summed E-state index contributed by atoms with van der Waals surface area (Å²) in [5, 5.41) is 7.64. The van der Waals surface area contributed by atoms with Crippen molar-refractivity contribution in [2.24, 2.45) is 0 Å². The second-order valence-corrected chi connectivity index (χ2v) is 18.4. The van der Waals surface area contributed by atoms with Gasteiger partial charge < -0.3 is 9.47 Å². The van der Waals surface area contributed by atoms with Crippen molar-refractivity contribution in [3.63, 3.8) is 0 Å². The van der Waals surface area contributed by atoms with Crippen molar-refractivity contribution in [2.75, 3.05) is 4.90 Å². The average Bonchev–Trinajstić information content (AvgIpc) is 3.95. The molecule has 0 bridgehead atoms. The molecule has 0 spiro atoms. The molecule has 0 aliphatic carbocycles. The minimum atomic E-state index is 1.09. The Kier molecular flexibility index (Phi) is 9.40. The number of anilines is 3. The van der Waals surface area contributed by atoms with Crippen LogP contribution in [0.4, 0.5) is 17.1 Å². The molecular weight excluding hydrogens is 829 g/mol. The van der Waals surface area contributed by atoms with E-state index < -0.39 is 0 Å². The van der Waals surface area contributed by atoms with Crippen molar-refractivity contribution in [3.8, 4) is 50.2 Å². The summed E-state index contributed by atoms with van der Waals surface area (Å²) in [4.78, 5) is 2.37. The van der Waals surface area contributed by atoms with Crippen molar-refractivity contribution in [1.82, 2.24) is 4.57 Å². The van der Waals surface area contributed by atoms with E-state index >= 15 is 0 Å². The Hall–Kier alpha value is -8.50. The molecule has 13 aromatic rings. The minimum absolute atomic E-state index is 1.09. The van der Waals surface area contributed by atoms with Crippen molar-refractivity contribution >= 4 is 81.1 Å². The van der Waals surface area contributed by atoms with E-state index in [0.717, 1.165) is 17.1 Å². The Morgan fingerprint density at radius 3 is 1.45 bits per heavy atom. The van der Waals surface area contributed by atoms with Crippen LogP contribution in [0, 0.1) is 0 Å². The van der Waals surface area contributed by atoms with Gasteiger partial charge in [-0.05, 0) is 152 Å². The van der Waals surface area contributed by atoms with Gasteiger partial charge in [-0.15, -0.1) is 11.3 Å². The van der Waals surface area contributed by atoms with Gasteiger partial charge in [0.1, 0.15) is 0 Å². The van der Waals surface area contributed by atoms with Gasteiger partial charge in [0.25, 0.3) is 0 Å². The first-order valence-electron chi connectivity index (χ1n) is 22.9. The summed E-state index contributed by atoms with van der Waals surface area (Å²) in [6.07, 6.45) is 0. The largest absolute Gasteiger partial charge is 0.311 e. The van der Waals surface area contributed by atoms with Crippen LogP contribution in [0.25, 0.3) is 103 Å². The van der Waals surface area contributed by atoms with E-state index in [1.807, 2.05) is 11.3 Å². The van der Waals surface area contributed by atoms with E-state index in [2.05, 4.69) is 264 Å². The number of aromatic nitrogens is 1. The first-order chi connectivity index (χ1) is 33.2. The molecule has 0 fully saturated rings. The zero-order valence-electron chi connectivity index (χ0n) is 36.6. The molecule has 3 heteroatoms. The van der Waals surface area contributed by atoms with Crippen LogP contribution in [0.3, 0.4) is 0 Å². The molecule has 0 aliphatic heterocycles. The second-order valence-electron chi connectivity index (χ2n) is 17.3. The van der Waals surface area contributed by atoms with E-state index in [1.54, 1.807) is 0 Å². The summed E-state index contributed by atoms with van der Waals surface area (Å²) in [6, 6.07) is 93.2. The third-order valence-electron chi connectivity index (χ3n) is 13.4. The average molecular weight is 871 g/mol. The first-order valence-corrected chi connectivity index (χ1v) is 23.7. The monoisotopic (exact) mass is 870 g/mol. The Labute approximate surface area is 393 Å². The van der Waals surface area contributed by atoms with Gasteiger partial charge in [-0.3, -0.25) is 0 Å². The predicted octanol–water partition coefficient (Wildman–Crippen LogP) is 18.4. The van der Waals surface area contributed by atoms with Gasteiger partial charge in [-0.2, -0.15) is 0 Å². The lowest BCUT2D eigenvalue weighted by atomic mass is 9.97. The number of hydrogen-bond donors (Lipinski definition) is 0. The predicted molar refractivity (Wildman–Crippen MR) is 288 cm³/mol. The number of nitrogens with zero attached hydrogens (tertiary/aromatic N) is 2. The van der Waals surface area contributed by atoms with Crippen LogP contribution in [0.5, 0.6) is 0 Å². The van der Waals surface area contributed by atoms with Crippen LogP contribution in [-0.2, 0) is 0 Å². The molecule has 11 aromatic carbocycles. The number of rotatable bonds is 8. The molecule has 0 amide bonds. The molecule has 0 saturated heterocycles. The molecular formula is C64H42N2S. The maximum absolute atomic E-state index is 2.37. The summed E-state index contributed by atoms with van der Waals surface area (Å²) >= 11 is 1.86. The van der Waals surface area contributed by atoms with Crippen molar-refractivity contribution in [2.45, 2.75) is 0 Å². The summed E-state index contributed by atoms with van der Waals surface area (Å²) in [5.41, 5.74) is 16.4. The molecule has 2 heterocycles. The molecule has 0 radical (unpaired) electrons. The van der Waals surface area contributed by atoms with Gasteiger partial charge in [0.05, 0.1) is 11.0 Å². The first kappa shape index (κ1) is 38.9. The van der Waals surface area contributed by atoms with Gasteiger partial charge >= 0.3 is 0 Å². The van der Waals surface area contributed by atoms with E-state index in [4.69, 9.17) is 0 Å². The minimum Gasteiger partial charge on any atom is -0.311 e. The molecule has 0 atom stereocenters. The second kappa shape index (κ2) is 16.2. The summed E-state index contributed by atoms with van der Waals surface area (Å²) in [7, 11) is 0. The van der Waals surface area contributed by atoms with E-state index in [-0.39, 0.29) is 0 Å². The SMILES string of the molecule is c1ccc(-n2c3ccccc3c3cc(-c4ccc(N(c5ccc(-c6cccc(-c7ccc8ccccc8c7)c6)cc5)c5ccc(-c6ccc7sc8ccccc8c7c6)cc5)cc4)ccc32)cc1. The number of fused-ring (bicyclic) bond motifs is 7. The van der Waals surface area contributed by atoms with Gasteiger partial charge in [-0.25, -0.2) is 0 Å². The molecule has 0 N–H and O–H groups in total. The topological polar surface area (TPSA) is 8.17 Å². The zero-order chi connectivity index (χ0) is 44.3. The molecule has 314 valence electrons. The number of thiophene rings is 1. The molecule has 2 nitrogen and oxygen atoms in total. The van der Waals surface area contributed by atoms with Crippen LogP contribution in [-0.4, -0.2) is 4.57 Å². The fraction of sp³-hybridized carbons (Fsp3) is 0. The highest BCUT2D eigenvalue weighted by Crippen LogP contribution is 2.41. The third kappa shape index (κ3) is 6.96. The van der Waals surface area contributed by atoms with Gasteiger partial charge in [0.15, 0.2) is 0 Å². The molecule has 0 saturated carbocycles. The van der Waals surface area contributed by atoms with Crippen LogP contribution in [0.1, 0.15) is 0 Å². The number of benzene rings is 11.